The standard InChI is InChI=1S/C11H13NO8/c1-20-7(13)3-5-2-6(9(14)15)8(10(16)17)12(4-5)11(18)19/h3,6,8H,2,4H2,1H3,(H,14,15)(H,16,17)(H,18,19)/b5-3+/t6-,8-/m0/s1. The topological polar surface area (TPSA) is 141 Å². The smallest absolute Gasteiger partial charge is 0.408 e. The van der Waals surface area contributed by atoms with Crippen LogP contribution in [0.4, 0.5) is 4.79 Å². The summed E-state index contributed by atoms with van der Waals surface area (Å²) in [6, 6.07) is -1.69. The van der Waals surface area contributed by atoms with Crippen LogP contribution >= 0.6 is 0 Å². The van der Waals surface area contributed by atoms with Crippen molar-refractivity contribution >= 4 is 24.0 Å². The third-order valence-corrected chi connectivity index (χ3v) is 2.91. The molecule has 20 heavy (non-hydrogen) atoms. The minimum atomic E-state index is -1.69. The second-order valence-electron chi connectivity index (χ2n) is 4.17. The number of esters is 1. The van der Waals surface area contributed by atoms with E-state index in [2.05, 4.69) is 4.74 Å². The van der Waals surface area contributed by atoms with E-state index >= 15 is 0 Å². The first kappa shape index (κ1) is 15.5. The van der Waals surface area contributed by atoms with Gasteiger partial charge in [0.2, 0.25) is 0 Å². The number of hydrogen-bond donors (Lipinski definition) is 3. The van der Waals surface area contributed by atoms with Crippen LogP contribution in [0.25, 0.3) is 0 Å². The number of hydrogen-bond acceptors (Lipinski definition) is 5. The Morgan fingerprint density at radius 2 is 1.80 bits per heavy atom. The lowest BCUT2D eigenvalue weighted by Gasteiger charge is -2.36. The first-order chi connectivity index (χ1) is 9.27. The molecule has 1 aliphatic heterocycles. The lowest BCUT2D eigenvalue weighted by molar-refractivity contribution is -0.155. The Morgan fingerprint density at radius 3 is 2.20 bits per heavy atom. The number of ether oxygens (including phenoxy) is 1. The molecule has 9 nitrogen and oxygen atoms in total. The minimum absolute atomic E-state index is 0.184. The van der Waals surface area contributed by atoms with Gasteiger partial charge in [0.1, 0.15) is 6.04 Å². The number of rotatable bonds is 3. The van der Waals surface area contributed by atoms with E-state index in [1.807, 2.05) is 0 Å². The van der Waals surface area contributed by atoms with Crippen LogP contribution in [0.2, 0.25) is 0 Å². The molecule has 110 valence electrons. The highest BCUT2D eigenvalue weighted by molar-refractivity contribution is 5.88. The predicted octanol–water partition coefficient (Wildman–Crippen LogP) is -0.376. The number of carbonyl (C=O) groups excluding carboxylic acids is 1. The highest BCUT2D eigenvalue weighted by Gasteiger charge is 2.45. The molecular formula is C11H13NO8. The average Bonchev–Trinajstić information content (AvgIpc) is 2.36. The molecule has 0 bridgehead atoms. The Bertz CT molecular complexity index is 457. The largest absolute Gasteiger partial charge is 0.481 e. The number of aliphatic carboxylic acids is 2. The first-order valence-electron chi connectivity index (χ1n) is 5.50. The molecule has 9 heteroatoms. The van der Waals surface area contributed by atoms with Crippen molar-refractivity contribution in [3.05, 3.63) is 11.6 Å². The van der Waals surface area contributed by atoms with Gasteiger partial charge in [-0.15, -0.1) is 0 Å². The van der Waals surface area contributed by atoms with Gasteiger partial charge in [-0.2, -0.15) is 0 Å². The van der Waals surface area contributed by atoms with Gasteiger partial charge in [0.05, 0.1) is 13.0 Å². The number of carboxylic acids is 2. The molecule has 0 aromatic heterocycles. The lowest BCUT2D eigenvalue weighted by Crippen LogP contribution is -2.55. The number of likely N-dealkylation sites (tertiary alicyclic amines) is 1. The van der Waals surface area contributed by atoms with E-state index in [-0.39, 0.29) is 18.5 Å². The fourth-order valence-corrected chi connectivity index (χ4v) is 2.04. The van der Waals surface area contributed by atoms with Gasteiger partial charge in [-0.1, -0.05) is 0 Å². The van der Waals surface area contributed by atoms with Crippen molar-refractivity contribution in [2.24, 2.45) is 5.92 Å². The number of carbonyl (C=O) groups is 4. The van der Waals surface area contributed by atoms with E-state index in [0.29, 0.717) is 4.90 Å². The van der Waals surface area contributed by atoms with Crippen molar-refractivity contribution in [2.75, 3.05) is 13.7 Å². The van der Waals surface area contributed by atoms with E-state index in [9.17, 15) is 19.2 Å². The van der Waals surface area contributed by atoms with Gasteiger partial charge < -0.3 is 20.1 Å². The molecule has 2 atom stereocenters. The summed E-state index contributed by atoms with van der Waals surface area (Å²) >= 11 is 0. The summed E-state index contributed by atoms with van der Waals surface area (Å²) in [5.41, 5.74) is 0.184. The van der Waals surface area contributed by atoms with Crippen molar-refractivity contribution in [3.63, 3.8) is 0 Å². The summed E-state index contributed by atoms with van der Waals surface area (Å²) in [4.78, 5) is 44.9. The summed E-state index contributed by atoms with van der Waals surface area (Å²) in [6.45, 7) is -0.356. The highest BCUT2D eigenvalue weighted by Crippen LogP contribution is 2.28. The number of carboxylic acid groups (broad SMARTS) is 3. The van der Waals surface area contributed by atoms with E-state index in [1.54, 1.807) is 0 Å². The fraction of sp³-hybridized carbons (Fsp3) is 0.455. The van der Waals surface area contributed by atoms with Crippen molar-refractivity contribution in [1.29, 1.82) is 0 Å². The van der Waals surface area contributed by atoms with Gasteiger partial charge in [0.25, 0.3) is 0 Å². The second-order valence-corrected chi connectivity index (χ2v) is 4.17. The van der Waals surface area contributed by atoms with Gasteiger partial charge in [-0.05, 0) is 12.0 Å². The molecule has 0 unspecified atom stereocenters. The predicted molar refractivity (Wildman–Crippen MR) is 62.0 cm³/mol. The number of methoxy groups -OCH3 is 1. The maximum absolute atomic E-state index is 11.1. The molecule has 1 saturated heterocycles. The quantitative estimate of drug-likeness (QED) is 0.471. The molecule has 1 amide bonds. The average molecular weight is 287 g/mol. The van der Waals surface area contributed by atoms with Crippen LogP contribution in [0, 0.1) is 5.92 Å². The fourth-order valence-electron chi connectivity index (χ4n) is 2.04. The lowest BCUT2D eigenvalue weighted by atomic mass is 9.86. The summed E-state index contributed by atoms with van der Waals surface area (Å²) in [5, 5.41) is 27.0. The van der Waals surface area contributed by atoms with Crippen molar-refractivity contribution in [2.45, 2.75) is 12.5 Å². The van der Waals surface area contributed by atoms with E-state index in [4.69, 9.17) is 15.3 Å². The summed E-state index contributed by atoms with van der Waals surface area (Å²) in [6.07, 6.45) is -0.825. The van der Waals surface area contributed by atoms with E-state index in [1.165, 1.54) is 0 Å². The zero-order valence-electron chi connectivity index (χ0n) is 10.5. The summed E-state index contributed by atoms with van der Waals surface area (Å²) in [7, 11) is 1.12. The van der Waals surface area contributed by atoms with Crippen LogP contribution in [0.1, 0.15) is 6.42 Å². The van der Waals surface area contributed by atoms with Crippen LogP contribution in [0.3, 0.4) is 0 Å². The van der Waals surface area contributed by atoms with Crippen LogP contribution in [0.15, 0.2) is 11.6 Å². The van der Waals surface area contributed by atoms with Crippen molar-refractivity contribution < 1.29 is 39.2 Å². The Morgan fingerprint density at radius 1 is 1.20 bits per heavy atom. The zero-order valence-corrected chi connectivity index (χ0v) is 10.5. The van der Waals surface area contributed by atoms with Crippen LogP contribution in [-0.2, 0) is 19.1 Å². The second kappa shape index (κ2) is 6.04. The summed E-state index contributed by atoms with van der Waals surface area (Å²) in [5.74, 6) is -5.22. The Labute approximate surface area is 113 Å². The molecule has 0 radical (unpaired) electrons. The molecule has 0 saturated carbocycles. The van der Waals surface area contributed by atoms with Crippen molar-refractivity contribution in [3.8, 4) is 0 Å². The molecule has 0 spiro atoms. The first-order valence-corrected chi connectivity index (χ1v) is 5.50. The highest BCUT2D eigenvalue weighted by atomic mass is 16.5. The van der Waals surface area contributed by atoms with Gasteiger partial charge >= 0.3 is 24.0 Å². The van der Waals surface area contributed by atoms with Gasteiger partial charge in [-0.25, -0.2) is 14.4 Å². The molecule has 0 aromatic carbocycles. The Balaban J connectivity index is 3.16. The van der Waals surface area contributed by atoms with Crippen molar-refractivity contribution in [1.82, 2.24) is 4.90 Å². The number of piperidine rings is 1. The van der Waals surface area contributed by atoms with Gasteiger partial charge in [0, 0.05) is 12.6 Å². The monoisotopic (exact) mass is 287 g/mol. The molecule has 1 aliphatic rings. The summed E-state index contributed by atoms with van der Waals surface area (Å²) < 4.78 is 4.37. The molecular weight excluding hydrogens is 274 g/mol. The molecule has 1 fully saturated rings. The molecule has 1 rings (SSSR count). The van der Waals surface area contributed by atoms with Gasteiger partial charge in [-0.3, -0.25) is 9.69 Å². The molecule has 0 aliphatic carbocycles. The van der Waals surface area contributed by atoms with Crippen LogP contribution < -0.4 is 0 Å². The van der Waals surface area contributed by atoms with Crippen LogP contribution in [0.5, 0.6) is 0 Å². The third kappa shape index (κ3) is 3.25. The van der Waals surface area contributed by atoms with Gasteiger partial charge in [0.15, 0.2) is 0 Å². The van der Waals surface area contributed by atoms with E-state index < -0.39 is 36.0 Å². The number of amides is 1. The number of nitrogens with zero attached hydrogens (tertiary/aromatic N) is 1. The molecule has 1 heterocycles. The van der Waals surface area contributed by atoms with Crippen LogP contribution in [-0.4, -0.2) is 63.9 Å². The maximum Gasteiger partial charge on any atom is 0.408 e. The maximum atomic E-state index is 11.1. The SMILES string of the molecule is COC(=O)/C=C1\C[C@H](C(=O)O)[C@@H](C(=O)O)N(C(=O)O)C1. The molecule has 3 N–H and O–H groups in total. The normalized spacial score (nSPS) is 24.2. The Kier molecular flexibility index (Phi) is 4.68. The Hall–Kier alpha value is -2.58. The third-order valence-electron chi connectivity index (χ3n) is 2.91. The zero-order chi connectivity index (χ0) is 15.4. The molecule has 0 aromatic rings. The minimum Gasteiger partial charge on any atom is -0.481 e. The van der Waals surface area contributed by atoms with E-state index in [0.717, 1.165) is 13.2 Å².